The summed E-state index contributed by atoms with van der Waals surface area (Å²) in [4.78, 5) is 20.7. The maximum atomic E-state index is 12.6. The molecule has 7 nitrogen and oxygen atoms in total. The van der Waals surface area contributed by atoms with Crippen molar-refractivity contribution >= 4 is 22.4 Å². The smallest absolute Gasteiger partial charge is 0.242 e. The van der Waals surface area contributed by atoms with Crippen molar-refractivity contribution in [2.24, 2.45) is 7.05 Å². The van der Waals surface area contributed by atoms with E-state index in [2.05, 4.69) is 15.0 Å². The first-order valence-corrected chi connectivity index (χ1v) is 8.88. The molecule has 130 valence electrons. The fourth-order valence-electron chi connectivity index (χ4n) is 3.39. The van der Waals surface area contributed by atoms with Crippen molar-refractivity contribution in [1.82, 2.24) is 19.7 Å². The van der Waals surface area contributed by atoms with Gasteiger partial charge in [-0.3, -0.25) is 14.6 Å². The zero-order valence-corrected chi connectivity index (χ0v) is 15.3. The highest BCUT2D eigenvalue weighted by molar-refractivity contribution is 7.13. The van der Waals surface area contributed by atoms with E-state index in [1.165, 1.54) is 11.3 Å². The first kappa shape index (κ1) is 16.9. The van der Waals surface area contributed by atoms with Gasteiger partial charge in [-0.15, -0.1) is 11.3 Å². The van der Waals surface area contributed by atoms with Gasteiger partial charge in [-0.25, -0.2) is 9.67 Å². The Kier molecular flexibility index (Phi) is 4.86. The van der Waals surface area contributed by atoms with Gasteiger partial charge in [-0.2, -0.15) is 5.10 Å². The average Bonchev–Trinajstić information content (AvgIpc) is 3.27. The van der Waals surface area contributed by atoms with Crippen LogP contribution in [0.1, 0.15) is 30.1 Å². The molecule has 0 unspecified atom stereocenters. The standard InChI is InChI=1S/C16H23N5O2S/c1-11-14(15(23-4)20(3)18-11)12-6-5-8-21(12)10-13(22)19(2)16-17-7-9-24-16/h7,9,12H,5-6,8,10H2,1-4H3/t12-/m0/s1. The van der Waals surface area contributed by atoms with Gasteiger partial charge in [0.05, 0.1) is 24.9 Å². The predicted octanol–water partition coefficient (Wildman–Crippen LogP) is 1.99. The van der Waals surface area contributed by atoms with Gasteiger partial charge in [-0.1, -0.05) is 0 Å². The Hall–Kier alpha value is -1.93. The monoisotopic (exact) mass is 349 g/mol. The fraction of sp³-hybridized carbons (Fsp3) is 0.562. The van der Waals surface area contributed by atoms with E-state index in [1.54, 1.807) is 29.9 Å². The van der Waals surface area contributed by atoms with Crippen LogP contribution in [-0.4, -0.2) is 52.8 Å². The third kappa shape index (κ3) is 3.03. The molecule has 1 amide bonds. The highest BCUT2D eigenvalue weighted by Crippen LogP contribution is 2.38. The topological polar surface area (TPSA) is 63.5 Å². The van der Waals surface area contributed by atoms with E-state index in [0.29, 0.717) is 6.54 Å². The number of likely N-dealkylation sites (N-methyl/N-ethyl adjacent to an activating group) is 1. The Balaban J connectivity index is 1.78. The van der Waals surface area contributed by atoms with Gasteiger partial charge in [0, 0.05) is 31.7 Å². The minimum absolute atomic E-state index is 0.0531. The predicted molar refractivity (Wildman–Crippen MR) is 93.6 cm³/mol. The van der Waals surface area contributed by atoms with Crippen molar-refractivity contribution < 1.29 is 9.53 Å². The number of amides is 1. The van der Waals surface area contributed by atoms with Crippen LogP contribution < -0.4 is 9.64 Å². The summed E-state index contributed by atoms with van der Waals surface area (Å²) < 4.78 is 7.31. The lowest BCUT2D eigenvalue weighted by molar-refractivity contribution is -0.119. The van der Waals surface area contributed by atoms with Gasteiger partial charge in [0.25, 0.3) is 0 Å². The number of carbonyl (C=O) groups is 1. The van der Waals surface area contributed by atoms with E-state index in [4.69, 9.17) is 4.74 Å². The van der Waals surface area contributed by atoms with Crippen molar-refractivity contribution in [3.8, 4) is 5.88 Å². The Morgan fingerprint density at radius 2 is 2.33 bits per heavy atom. The number of rotatable bonds is 5. The maximum Gasteiger partial charge on any atom is 0.242 e. The first-order valence-electron chi connectivity index (χ1n) is 8.00. The number of hydrogen-bond acceptors (Lipinski definition) is 6. The summed E-state index contributed by atoms with van der Waals surface area (Å²) in [6.07, 6.45) is 3.79. The van der Waals surface area contributed by atoms with E-state index >= 15 is 0 Å². The van der Waals surface area contributed by atoms with Crippen LogP contribution in [-0.2, 0) is 11.8 Å². The maximum absolute atomic E-state index is 12.6. The van der Waals surface area contributed by atoms with Crippen LogP contribution in [0.25, 0.3) is 0 Å². The Morgan fingerprint density at radius 1 is 1.54 bits per heavy atom. The normalized spacial score (nSPS) is 18.1. The minimum Gasteiger partial charge on any atom is -0.481 e. The lowest BCUT2D eigenvalue weighted by atomic mass is 10.1. The molecule has 2 aromatic rings. The summed E-state index contributed by atoms with van der Waals surface area (Å²) >= 11 is 1.47. The number of likely N-dealkylation sites (tertiary alicyclic amines) is 1. The number of carbonyl (C=O) groups excluding carboxylic acids is 1. The SMILES string of the molecule is COc1c([C@@H]2CCCN2CC(=O)N(C)c2nccs2)c(C)nn1C. The molecule has 0 saturated carbocycles. The van der Waals surface area contributed by atoms with Crippen molar-refractivity contribution in [2.45, 2.75) is 25.8 Å². The molecule has 2 aromatic heterocycles. The van der Waals surface area contributed by atoms with Gasteiger partial charge in [0.1, 0.15) is 0 Å². The van der Waals surface area contributed by atoms with Crippen LogP contribution in [0.2, 0.25) is 0 Å². The van der Waals surface area contributed by atoms with Crippen LogP contribution in [0.4, 0.5) is 5.13 Å². The van der Waals surface area contributed by atoms with E-state index in [1.807, 2.05) is 19.4 Å². The number of thiazole rings is 1. The zero-order valence-electron chi connectivity index (χ0n) is 14.5. The second kappa shape index (κ2) is 6.90. The molecule has 8 heteroatoms. The molecule has 3 heterocycles. The van der Waals surface area contributed by atoms with E-state index < -0.39 is 0 Å². The molecule has 1 atom stereocenters. The highest BCUT2D eigenvalue weighted by Gasteiger charge is 2.33. The number of aromatic nitrogens is 3. The number of ether oxygens (including phenoxy) is 1. The van der Waals surface area contributed by atoms with Crippen molar-refractivity contribution in [3.05, 3.63) is 22.8 Å². The zero-order chi connectivity index (χ0) is 17.3. The number of aryl methyl sites for hydroxylation is 2. The Morgan fingerprint density at radius 3 is 3.00 bits per heavy atom. The molecule has 3 rings (SSSR count). The number of hydrogen-bond donors (Lipinski definition) is 0. The van der Waals surface area contributed by atoms with Crippen molar-refractivity contribution in [3.63, 3.8) is 0 Å². The minimum atomic E-state index is 0.0531. The number of anilines is 1. The van der Waals surface area contributed by atoms with Crippen LogP contribution in [0.15, 0.2) is 11.6 Å². The van der Waals surface area contributed by atoms with Crippen LogP contribution in [0, 0.1) is 6.92 Å². The second-order valence-electron chi connectivity index (χ2n) is 6.03. The molecular weight excluding hydrogens is 326 g/mol. The molecule has 0 bridgehead atoms. The molecule has 1 saturated heterocycles. The first-order chi connectivity index (χ1) is 11.5. The quantitative estimate of drug-likeness (QED) is 0.826. The van der Waals surface area contributed by atoms with Gasteiger partial charge >= 0.3 is 0 Å². The number of nitrogens with zero attached hydrogens (tertiary/aromatic N) is 5. The summed E-state index contributed by atoms with van der Waals surface area (Å²) in [5, 5.41) is 7.08. The second-order valence-corrected chi connectivity index (χ2v) is 6.90. The Labute approximate surface area is 145 Å². The largest absolute Gasteiger partial charge is 0.481 e. The molecule has 1 fully saturated rings. The molecule has 1 aliphatic heterocycles. The molecule has 0 aromatic carbocycles. The lowest BCUT2D eigenvalue weighted by Gasteiger charge is -2.26. The molecule has 24 heavy (non-hydrogen) atoms. The van der Waals surface area contributed by atoms with E-state index in [-0.39, 0.29) is 11.9 Å². The van der Waals surface area contributed by atoms with E-state index in [0.717, 1.165) is 41.7 Å². The van der Waals surface area contributed by atoms with Crippen molar-refractivity contribution in [1.29, 1.82) is 0 Å². The van der Waals surface area contributed by atoms with Gasteiger partial charge in [0.15, 0.2) is 5.13 Å². The lowest BCUT2D eigenvalue weighted by Crippen LogP contribution is -2.38. The molecule has 0 spiro atoms. The summed E-state index contributed by atoms with van der Waals surface area (Å²) in [7, 11) is 5.33. The van der Waals surface area contributed by atoms with Gasteiger partial charge in [-0.05, 0) is 26.3 Å². The molecule has 0 N–H and O–H groups in total. The molecule has 1 aliphatic rings. The fourth-order valence-corrected chi connectivity index (χ4v) is 4.01. The average molecular weight is 349 g/mol. The summed E-state index contributed by atoms with van der Waals surface area (Å²) in [5.41, 5.74) is 2.06. The van der Waals surface area contributed by atoms with Gasteiger partial charge < -0.3 is 4.74 Å². The summed E-state index contributed by atoms with van der Waals surface area (Å²) in [6, 6.07) is 0.169. The summed E-state index contributed by atoms with van der Waals surface area (Å²) in [5.74, 6) is 0.836. The van der Waals surface area contributed by atoms with E-state index in [9.17, 15) is 4.79 Å². The van der Waals surface area contributed by atoms with Crippen LogP contribution in [0.3, 0.4) is 0 Å². The van der Waals surface area contributed by atoms with Crippen LogP contribution in [0.5, 0.6) is 5.88 Å². The third-order valence-electron chi connectivity index (χ3n) is 4.52. The molecule has 0 radical (unpaired) electrons. The number of methoxy groups -OCH3 is 1. The highest BCUT2D eigenvalue weighted by atomic mass is 32.1. The van der Waals surface area contributed by atoms with Crippen molar-refractivity contribution in [2.75, 3.05) is 32.1 Å². The molecule has 0 aliphatic carbocycles. The summed E-state index contributed by atoms with van der Waals surface area (Å²) in [6.45, 7) is 3.27. The Bertz CT molecular complexity index is 712. The van der Waals surface area contributed by atoms with Crippen LogP contribution >= 0.6 is 11.3 Å². The third-order valence-corrected chi connectivity index (χ3v) is 5.37. The van der Waals surface area contributed by atoms with Gasteiger partial charge in [0.2, 0.25) is 11.8 Å². The molecular formula is C16H23N5O2S.